The Hall–Kier alpha value is -3.73. The number of halogens is 1. The van der Waals surface area contributed by atoms with Gasteiger partial charge in [0.1, 0.15) is 17.6 Å². The van der Waals surface area contributed by atoms with Gasteiger partial charge in [0, 0.05) is 12.6 Å². The van der Waals surface area contributed by atoms with Gasteiger partial charge in [0.05, 0.1) is 11.1 Å². The summed E-state index contributed by atoms with van der Waals surface area (Å²) in [5.41, 5.74) is 0.188. The maximum absolute atomic E-state index is 14.0. The zero-order valence-corrected chi connectivity index (χ0v) is 14.3. The van der Waals surface area contributed by atoms with E-state index >= 15 is 0 Å². The predicted molar refractivity (Wildman–Crippen MR) is 92.6 cm³/mol. The van der Waals surface area contributed by atoms with Crippen molar-refractivity contribution >= 4 is 23.3 Å². The smallest absolute Gasteiger partial charge is 0.344 e. The first-order valence-electron chi connectivity index (χ1n) is 7.78. The van der Waals surface area contributed by atoms with E-state index in [1.165, 1.54) is 31.2 Å². The fourth-order valence-electron chi connectivity index (χ4n) is 2.11. The third-order valence-electron chi connectivity index (χ3n) is 3.31. The molecule has 2 aromatic rings. The van der Waals surface area contributed by atoms with Crippen molar-refractivity contribution in [1.82, 2.24) is 0 Å². The molecule has 1 N–H and O–H groups in total. The molecule has 0 atom stereocenters. The lowest BCUT2D eigenvalue weighted by Crippen LogP contribution is -2.20. The number of para-hydroxylation sites is 1. The number of Topliss-reactive ketones (excluding diaryl/α,β-unsaturated/α-hetero) is 1. The molecule has 0 saturated heterocycles. The van der Waals surface area contributed by atoms with Crippen LogP contribution in [0.5, 0.6) is 5.75 Å². The molecular formula is C19H15FN2O5. The molecule has 0 radical (unpaired) electrons. The van der Waals surface area contributed by atoms with Crippen molar-refractivity contribution in [3.63, 3.8) is 0 Å². The summed E-state index contributed by atoms with van der Waals surface area (Å²) >= 11 is 0. The SMILES string of the molecule is CC(=O)Nc1ccc(C(=O)COC(=O)COc2ccccc2C#N)c(F)c1. The van der Waals surface area contributed by atoms with Gasteiger partial charge in [-0.3, -0.25) is 9.59 Å². The van der Waals surface area contributed by atoms with E-state index in [2.05, 4.69) is 5.32 Å². The molecule has 2 aromatic carbocycles. The van der Waals surface area contributed by atoms with E-state index in [1.54, 1.807) is 12.1 Å². The van der Waals surface area contributed by atoms with Crippen molar-refractivity contribution in [3.8, 4) is 11.8 Å². The molecule has 27 heavy (non-hydrogen) atoms. The fraction of sp³-hybridized carbons (Fsp3) is 0.158. The highest BCUT2D eigenvalue weighted by atomic mass is 19.1. The number of hydrogen-bond acceptors (Lipinski definition) is 6. The van der Waals surface area contributed by atoms with Gasteiger partial charge in [0.2, 0.25) is 11.7 Å². The van der Waals surface area contributed by atoms with Crippen molar-refractivity contribution < 1.29 is 28.2 Å². The number of anilines is 1. The van der Waals surface area contributed by atoms with E-state index in [0.29, 0.717) is 0 Å². The number of ether oxygens (including phenoxy) is 2. The average Bonchev–Trinajstić information content (AvgIpc) is 2.64. The molecule has 0 bridgehead atoms. The number of ketones is 1. The molecule has 0 saturated carbocycles. The van der Waals surface area contributed by atoms with Crippen LogP contribution in [0, 0.1) is 17.1 Å². The summed E-state index contributed by atoms with van der Waals surface area (Å²) in [4.78, 5) is 34.6. The molecule has 8 heteroatoms. The van der Waals surface area contributed by atoms with E-state index in [9.17, 15) is 18.8 Å². The van der Waals surface area contributed by atoms with Crippen LogP contribution in [0.4, 0.5) is 10.1 Å². The molecule has 0 heterocycles. The normalized spacial score (nSPS) is 9.81. The van der Waals surface area contributed by atoms with Gasteiger partial charge in [0.15, 0.2) is 13.2 Å². The Morgan fingerprint density at radius 1 is 1.15 bits per heavy atom. The van der Waals surface area contributed by atoms with Gasteiger partial charge in [-0.15, -0.1) is 0 Å². The van der Waals surface area contributed by atoms with Crippen LogP contribution >= 0.6 is 0 Å². The quantitative estimate of drug-likeness (QED) is 0.593. The zero-order chi connectivity index (χ0) is 19.8. The first-order chi connectivity index (χ1) is 12.9. The molecule has 0 aromatic heterocycles. The number of nitriles is 1. The molecule has 1 amide bonds. The van der Waals surface area contributed by atoms with Crippen LogP contribution in [-0.2, 0) is 14.3 Å². The Kier molecular flexibility index (Phi) is 6.61. The summed E-state index contributed by atoms with van der Waals surface area (Å²) in [5, 5.41) is 11.3. The van der Waals surface area contributed by atoms with Gasteiger partial charge in [-0.1, -0.05) is 12.1 Å². The number of hydrogen-bond donors (Lipinski definition) is 1. The highest BCUT2D eigenvalue weighted by Crippen LogP contribution is 2.17. The molecule has 138 valence electrons. The van der Waals surface area contributed by atoms with Crippen LogP contribution in [0.15, 0.2) is 42.5 Å². The number of carbonyl (C=O) groups is 3. The maximum atomic E-state index is 14.0. The first kappa shape index (κ1) is 19.6. The van der Waals surface area contributed by atoms with Crippen molar-refractivity contribution in [1.29, 1.82) is 5.26 Å². The topological polar surface area (TPSA) is 105 Å². The van der Waals surface area contributed by atoms with E-state index in [-0.39, 0.29) is 28.5 Å². The number of benzene rings is 2. The monoisotopic (exact) mass is 370 g/mol. The Labute approximate surface area is 154 Å². The van der Waals surface area contributed by atoms with Gasteiger partial charge in [-0.2, -0.15) is 5.26 Å². The number of nitrogens with one attached hydrogen (secondary N) is 1. The minimum Gasteiger partial charge on any atom is -0.481 e. The van der Waals surface area contributed by atoms with Crippen LogP contribution in [0.1, 0.15) is 22.8 Å². The largest absolute Gasteiger partial charge is 0.481 e. The molecule has 7 nitrogen and oxygen atoms in total. The van der Waals surface area contributed by atoms with E-state index in [0.717, 1.165) is 6.07 Å². The average molecular weight is 370 g/mol. The molecule has 0 fully saturated rings. The van der Waals surface area contributed by atoms with Crippen molar-refractivity contribution in [3.05, 3.63) is 59.4 Å². The van der Waals surface area contributed by atoms with E-state index in [4.69, 9.17) is 14.7 Å². The summed E-state index contributed by atoms with van der Waals surface area (Å²) in [6, 6.07) is 11.8. The maximum Gasteiger partial charge on any atom is 0.344 e. The second-order valence-electron chi connectivity index (χ2n) is 5.36. The predicted octanol–water partition coefficient (Wildman–Crippen LogP) is 2.46. The lowest BCUT2D eigenvalue weighted by molar-refractivity contribution is -0.144. The summed E-state index contributed by atoms with van der Waals surface area (Å²) < 4.78 is 23.9. The highest BCUT2D eigenvalue weighted by molar-refractivity contribution is 5.99. The highest BCUT2D eigenvalue weighted by Gasteiger charge is 2.15. The Morgan fingerprint density at radius 2 is 1.89 bits per heavy atom. The second-order valence-corrected chi connectivity index (χ2v) is 5.36. The third kappa shape index (κ3) is 5.64. The number of esters is 1. The summed E-state index contributed by atoms with van der Waals surface area (Å²) in [7, 11) is 0. The van der Waals surface area contributed by atoms with Crippen LogP contribution in [-0.4, -0.2) is 30.9 Å². The standard InChI is InChI=1S/C19H15FN2O5/c1-12(23)22-14-6-7-15(16(20)8-14)17(24)10-27-19(25)11-26-18-5-3-2-4-13(18)9-21/h2-8H,10-11H2,1H3,(H,22,23). The number of rotatable bonds is 7. The lowest BCUT2D eigenvalue weighted by Gasteiger charge is -2.09. The summed E-state index contributed by atoms with van der Waals surface area (Å²) in [5.74, 6) is -2.59. The van der Waals surface area contributed by atoms with Crippen LogP contribution in [0.25, 0.3) is 0 Å². The third-order valence-corrected chi connectivity index (χ3v) is 3.31. The van der Waals surface area contributed by atoms with Crippen LogP contribution < -0.4 is 10.1 Å². The molecule has 0 aliphatic carbocycles. The first-order valence-corrected chi connectivity index (χ1v) is 7.78. The van der Waals surface area contributed by atoms with Crippen molar-refractivity contribution in [2.45, 2.75) is 6.92 Å². The number of carbonyl (C=O) groups excluding carboxylic acids is 3. The fourth-order valence-corrected chi connectivity index (χ4v) is 2.11. The lowest BCUT2D eigenvalue weighted by atomic mass is 10.1. The molecule has 0 unspecified atom stereocenters. The number of amides is 1. The van der Waals surface area contributed by atoms with E-state index < -0.39 is 30.8 Å². The van der Waals surface area contributed by atoms with Crippen LogP contribution in [0.3, 0.4) is 0 Å². The Bertz CT molecular complexity index is 921. The van der Waals surface area contributed by atoms with Gasteiger partial charge in [-0.25, -0.2) is 9.18 Å². The van der Waals surface area contributed by atoms with Gasteiger partial charge in [-0.05, 0) is 30.3 Å². The molecule has 0 aliphatic heterocycles. The minimum atomic E-state index is -0.846. The molecule has 0 spiro atoms. The van der Waals surface area contributed by atoms with Gasteiger partial charge >= 0.3 is 5.97 Å². The Balaban J connectivity index is 1.88. The van der Waals surface area contributed by atoms with Crippen molar-refractivity contribution in [2.24, 2.45) is 0 Å². The van der Waals surface area contributed by atoms with Crippen LogP contribution in [0.2, 0.25) is 0 Å². The zero-order valence-electron chi connectivity index (χ0n) is 14.3. The Morgan fingerprint density at radius 3 is 2.56 bits per heavy atom. The minimum absolute atomic E-state index is 0.207. The van der Waals surface area contributed by atoms with Gasteiger partial charge in [0.25, 0.3) is 0 Å². The summed E-state index contributed by atoms with van der Waals surface area (Å²) in [6.07, 6.45) is 0. The van der Waals surface area contributed by atoms with E-state index in [1.807, 2.05) is 6.07 Å². The number of nitrogens with zero attached hydrogens (tertiary/aromatic N) is 1. The molecular weight excluding hydrogens is 355 g/mol. The second kappa shape index (κ2) is 9.10. The van der Waals surface area contributed by atoms with Gasteiger partial charge < -0.3 is 14.8 Å². The summed E-state index contributed by atoms with van der Waals surface area (Å²) in [6.45, 7) is 0.0991. The molecule has 0 aliphatic rings. The molecule has 2 rings (SSSR count). The van der Waals surface area contributed by atoms with Crippen molar-refractivity contribution in [2.75, 3.05) is 18.5 Å².